The van der Waals surface area contributed by atoms with Crippen molar-refractivity contribution in [3.05, 3.63) is 17.0 Å². The molecule has 0 bridgehead atoms. The first kappa shape index (κ1) is 21.3. The van der Waals surface area contributed by atoms with Crippen molar-refractivity contribution in [3.63, 3.8) is 0 Å². The molecule has 0 spiro atoms. The van der Waals surface area contributed by atoms with Gasteiger partial charge in [-0.3, -0.25) is 4.99 Å². The minimum absolute atomic E-state index is 0. The largest absolute Gasteiger partial charge is 0.361 e. The predicted octanol–water partition coefficient (Wildman–Crippen LogP) is 4.05. The second kappa shape index (κ2) is 11.7. The van der Waals surface area contributed by atoms with Crippen molar-refractivity contribution in [2.45, 2.75) is 71.8 Å². The van der Waals surface area contributed by atoms with Gasteiger partial charge in [0.15, 0.2) is 5.96 Å². The molecule has 24 heavy (non-hydrogen) atoms. The summed E-state index contributed by atoms with van der Waals surface area (Å²) in [5, 5.41) is 11.0. The Balaban J connectivity index is 0.00000288. The number of hydrogen-bond donors (Lipinski definition) is 2. The fourth-order valence-corrected chi connectivity index (χ4v) is 3.40. The van der Waals surface area contributed by atoms with Gasteiger partial charge < -0.3 is 15.2 Å². The van der Waals surface area contributed by atoms with E-state index in [1.165, 1.54) is 44.1 Å². The van der Waals surface area contributed by atoms with Gasteiger partial charge in [0.2, 0.25) is 0 Å². The van der Waals surface area contributed by atoms with Gasteiger partial charge in [-0.05, 0) is 18.8 Å². The molecule has 1 aliphatic carbocycles. The summed E-state index contributed by atoms with van der Waals surface area (Å²) in [6.07, 6.45) is 10.0. The van der Waals surface area contributed by atoms with Gasteiger partial charge in [0.1, 0.15) is 5.76 Å². The van der Waals surface area contributed by atoms with E-state index in [-0.39, 0.29) is 24.0 Å². The normalized spacial score (nSPS) is 15.9. The Morgan fingerprint density at radius 2 is 1.92 bits per heavy atom. The number of aryl methyl sites for hydroxylation is 2. The summed E-state index contributed by atoms with van der Waals surface area (Å²) in [4.78, 5) is 4.32. The molecule has 1 heterocycles. The van der Waals surface area contributed by atoms with Gasteiger partial charge in [0.05, 0.1) is 5.69 Å². The van der Waals surface area contributed by atoms with E-state index in [1.54, 1.807) is 0 Å². The molecule has 6 heteroatoms. The summed E-state index contributed by atoms with van der Waals surface area (Å²) in [7, 11) is 1.82. The lowest BCUT2D eigenvalue weighted by atomic mass is 9.87. The summed E-state index contributed by atoms with van der Waals surface area (Å²) in [6, 6.07) is 0. The summed E-state index contributed by atoms with van der Waals surface area (Å²) < 4.78 is 5.41. The van der Waals surface area contributed by atoms with Gasteiger partial charge in [-0.15, -0.1) is 24.0 Å². The molecule has 138 valence electrons. The van der Waals surface area contributed by atoms with E-state index in [1.807, 2.05) is 7.05 Å². The lowest BCUT2D eigenvalue weighted by Gasteiger charge is -2.22. The molecule has 2 N–H and O–H groups in total. The van der Waals surface area contributed by atoms with E-state index in [4.69, 9.17) is 4.52 Å². The maximum Gasteiger partial charge on any atom is 0.191 e. The van der Waals surface area contributed by atoms with E-state index in [0.29, 0.717) is 0 Å². The molecule has 1 aliphatic rings. The fourth-order valence-electron chi connectivity index (χ4n) is 3.40. The van der Waals surface area contributed by atoms with Crippen LogP contribution in [0.25, 0.3) is 0 Å². The number of aliphatic imine (C=N–C) groups is 1. The van der Waals surface area contributed by atoms with E-state index in [2.05, 4.69) is 34.6 Å². The van der Waals surface area contributed by atoms with Crippen LogP contribution in [0.4, 0.5) is 0 Å². The molecule has 1 aromatic rings. The molecule has 5 nitrogen and oxygen atoms in total. The molecule has 2 rings (SSSR count). The number of nitrogens with zero attached hydrogens (tertiary/aromatic N) is 2. The zero-order valence-corrected chi connectivity index (χ0v) is 17.7. The number of nitrogens with one attached hydrogen (secondary N) is 2. The number of halogens is 1. The average Bonchev–Trinajstić information content (AvgIpc) is 3.00. The Bertz CT molecular complexity index is 474. The van der Waals surface area contributed by atoms with Crippen molar-refractivity contribution in [2.75, 3.05) is 13.6 Å². The van der Waals surface area contributed by atoms with Crippen LogP contribution in [0.1, 0.15) is 69.4 Å². The SMILES string of the molecule is CCc1noc(CC)c1CNC(=NC)NCCC1CCCCC1.I. The second-order valence-electron chi connectivity index (χ2n) is 6.38. The van der Waals surface area contributed by atoms with Crippen LogP contribution < -0.4 is 10.6 Å². The standard InChI is InChI=1S/C18H32N4O.HI/c1-4-16-15(17(5-2)23-22-16)13-21-18(19-3)20-12-11-14-9-7-6-8-10-14;/h14H,4-13H2,1-3H3,(H2,19,20,21);1H. The minimum Gasteiger partial charge on any atom is -0.361 e. The Kier molecular flexibility index (Phi) is 10.4. The molecule has 0 saturated heterocycles. The number of guanidine groups is 1. The van der Waals surface area contributed by atoms with Crippen LogP contribution in [-0.4, -0.2) is 24.7 Å². The van der Waals surface area contributed by atoms with E-state index < -0.39 is 0 Å². The van der Waals surface area contributed by atoms with Crippen LogP contribution in [0.2, 0.25) is 0 Å². The summed E-state index contributed by atoms with van der Waals surface area (Å²) in [5.74, 6) is 2.74. The highest BCUT2D eigenvalue weighted by Gasteiger charge is 2.15. The van der Waals surface area contributed by atoms with Gasteiger partial charge >= 0.3 is 0 Å². The van der Waals surface area contributed by atoms with Crippen LogP contribution in [0, 0.1) is 5.92 Å². The molecular weight excluding hydrogens is 415 g/mol. The van der Waals surface area contributed by atoms with Crippen LogP contribution in [0.15, 0.2) is 9.52 Å². The highest BCUT2D eigenvalue weighted by molar-refractivity contribution is 14.0. The average molecular weight is 448 g/mol. The summed E-state index contributed by atoms with van der Waals surface area (Å²) in [6.45, 7) is 5.92. The maximum atomic E-state index is 5.41. The first-order valence-corrected chi connectivity index (χ1v) is 9.19. The topological polar surface area (TPSA) is 62.5 Å². The van der Waals surface area contributed by atoms with Gasteiger partial charge in [-0.2, -0.15) is 0 Å². The predicted molar refractivity (Wildman–Crippen MR) is 110 cm³/mol. The molecule has 1 saturated carbocycles. The van der Waals surface area contributed by atoms with Crippen molar-refractivity contribution in [3.8, 4) is 0 Å². The monoisotopic (exact) mass is 448 g/mol. The van der Waals surface area contributed by atoms with Crippen LogP contribution >= 0.6 is 24.0 Å². The first-order valence-electron chi connectivity index (χ1n) is 9.19. The third kappa shape index (κ3) is 6.26. The van der Waals surface area contributed by atoms with Crippen molar-refractivity contribution in [1.82, 2.24) is 15.8 Å². The number of rotatable bonds is 7. The van der Waals surface area contributed by atoms with E-state index in [9.17, 15) is 0 Å². The Labute approximate surface area is 163 Å². The molecule has 0 unspecified atom stereocenters. The lowest BCUT2D eigenvalue weighted by molar-refractivity contribution is 0.339. The van der Waals surface area contributed by atoms with Crippen molar-refractivity contribution in [1.29, 1.82) is 0 Å². The molecule has 0 amide bonds. The zero-order chi connectivity index (χ0) is 16.5. The Hall–Kier alpha value is -0.790. The quantitative estimate of drug-likeness (QED) is 0.375. The smallest absolute Gasteiger partial charge is 0.191 e. The van der Waals surface area contributed by atoms with Gasteiger partial charge in [0, 0.05) is 32.1 Å². The van der Waals surface area contributed by atoms with Gasteiger partial charge in [-0.25, -0.2) is 0 Å². The minimum atomic E-state index is 0. The lowest BCUT2D eigenvalue weighted by Crippen LogP contribution is -2.38. The Morgan fingerprint density at radius 1 is 1.17 bits per heavy atom. The van der Waals surface area contributed by atoms with Crippen molar-refractivity contribution >= 4 is 29.9 Å². The fraction of sp³-hybridized carbons (Fsp3) is 0.778. The molecule has 0 aliphatic heterocycles. The number of aromatic nitrogens is 1. The molecule has 1 fully saturated rings. The Morgan fingerprint density at radius 3 is 2.54 bits per heavy atom. The molecule has 0 atom stereocenters. The first-order chi connectivity index (χ1) is 11.3. The molecule has 1 aromatic heterocycles. The highest BCUT2D eigenvalue weighted by atomic mass is 127. The van der Waals surface area contributed by atoms with Crippen molar-refractivity contribution < 1.29 is 4.52 Å². The van der Waals surface area contributed by atoms with Crippen LogP contribution in [0.3, 0.4) is 0 Å². The molecular formula is C18H33IN4O. The highest BCUT2D eigenvalue weighted by Crippen LogP contribution is 2.25. The molecule has 0 aromatic carbocycles. The summed E-state index contributed by atoms with van der Waals surface area (Å²) in [5.41, 5.74) is 2.23. The zero-order valence-electron chi connectivity index (χ0n) is 15.4. The maximum absolute atomic E-state index is 5.41. The van der Waals surface area contributed by atoms with Crippen molar-refractivity contribution in [2.24, 2.45) is 10.9 Å². The van der Waals surface area contributed by atoms with E-state index in [0.717, 1.165) is 49.3 Å². The third-order valence-corrected chi connectivity index (χ3v) is 4.83. The van der Waals surface area contributed by atoms with Gasteiger partial charge in [0.25, 0.3) is 0 Å². The second-order valence-corrected chi connectivity index (χ2v) is 6.38. The van der Waals surface area contributed by atoms with Crippen LogP contribution in [-0.2, 0) is 19.4 Å². The van der Waals surface area contributed by atoms with Gasteiger partial charge in [-0.1, -0.05) is 51.1 Å². The third-order valence-electron chi connectivity index (χ3n) is 4.83. The number of hydrogen-bond acceptors (Lipinski definition) is 3. The van der Waals surface area contributed by atoms with E-state index >= 15 is 0 Å². The van der Waals surface area contributed by atoms with Crippen LogP contribution in [0.5, 0.6) is 0 Å². The molecule has 0 radical (unpaired) electrons. The summed E-state index contributed by atoms with van der Waals surface area (Å²) >= 11 is 0.